The van der Waals surface area contributed by atoms with Gasteiger partial charge in [-0.3, -0.25) is 0 Å². The van der Waals surface area contributed by atoms with Crippen LogP contribution in [0.3, 0.4) is 0 Å². The second kappa shape index (κ2) is 6.19. The van der Waals surface area contributed by atoms with Gasteiger partial charge in [0.1, 0.15) is 5.82 Å². The molecule has 0 atom stereocenters. The first-order valence-corrected chi connectivity index (χ1v) is 6.30. The van der Waals surface area contributed by atoms with Gasteiger partial charge in [-0.25, -0.2) is 4.39 Å². The number of benzene rings is 2. The monoisotopic (exact) mass is 283 g/mol. The van der Waals surface area contributed by atoms with Gasteiger partial charge >= 0.3 is 0 Å². The van der Waals surface area contributed by atoms with Gasteiger partial charge in [-0.15, -0.1) is 0 Å². The molecule has 0 aliphatic carbocycles. The molecular formula is C14H12Cl2FN. The van der Waals surface area contributed by atoms with Crippen molar-refractivity contribution in [1.82, 2.24) is 5.32 Å². The molecule has 0 spiro atoms. The molecule has 4 heteroatoms. The summed E-state index contributed by atoms with van der Waals surface area (Å²) in [5, 5.41) is 4.30. The molecule has 1 N–H and O–H groups in total. The molecule has 1 nitrogen and oxygen atoms in total. The van der Waals surface area contributed by atoms with Crippen LogP contribution in [0.5, 0.6) is 0 Å². The maximum atomic E-state index is 13.5. The van der Waals surface area contributed by atoms with Gasteiger partial charge in [-0.05, 0) is 29.8 Å². The highest BCUT2D eigenvalue weighted by molar-refractivity contribution is 6.31. The third kappa shape index (κ3) is 3.45. The van der Waals surface area contributed by atoms with E-state index in [-0.39, 0.29) is 5.82 Å². The molecule has 0 saturated heterocycles. The highest BCUT2D eigenvalue weighted by Gasteiger charge is 2.05. The first kappa shape index (κ1) is 13.3. The van der Waals surface area contributed by atoms with Crippen LogP contribution in [-0.4, -0.2) is 0 Å². The lowest BCUT2D eigenvalue weighted by Gasteiger charge is -2.08. The van der Waals surface area contributed by atoms with Gasteiger partial charge in [0.2, 0.25) is 0 Å². The summed E-state index contributed by atoms with van der Waals surface area (Å²) in [7, 11) is 0. The molecule has 2 aromatic rings. The highest BCUT2D eigenvalue weighted by Crippen LogP contribution is 2.18. The standard InChI is InChI=1S/C14H12Cl2FN/c15-11-6-4-10(5-7-11)8-18-9-12-13(16)2-1-3-14(12)17/h1-7,18H,8-9H2. The van der Waals surface area contributed by atoms with Crippen LogP contribution in [0.2, 0.25) is 10.0 Å². The highest BCUT2D eigenvalue weighted by atomic mass is 35.5. The molecule has 18 heavy (non-hydrogen) atoms. The van der Waals surface area contributed by atoms with Crippen molar-refractivity contribution < 1.29 is 4.39 Å². The number of hydrogen-bond acceptors (Lipinski definition) is 1. The minimum atomic E-state index is -0.286. The van der Waals surface area contributed by atoms with Gasteiger partial charge in [-0.2, -0.15) is 0 Å². The van der Waals surface area contributed by atoms with E-state index < -0.39 is 0 Å². The molecule has 0 heterocycles. The van der Waals surface area contributed by atoms with E-state index in [1.165, 1.54) is 6.07 Å². The first-order chi connectivity index (χ1) is 8.66. The molecule has 0 aromatic heterocycles. The largest absolute Gasteiger partial charge is 0.308 e. The minimum absolute atomic E-state index is 0.286. The molecule has 0 bridgehead atoms. The summed E-state index contributed by atoms with van der Waals surface area (Å²) in [4.78, 5) is 0. The minimum Gasteiger partial charge on any atom is -0.308 e. The van der Waals surface area contributed by atoms with Crippen LogP contribution in [0.4, 0.5) is 4.39 Å². The van der Waals surface area contributed by atoms with Gasteiger partial charge in [-0.1, -0.05) is 41.4 Å². The van der Waals surface area contributed by atoms with Crippen molar-refractivity contribution in [2.45, 2.75) is 13.1 Å². The number of halogens is 3. The van der Waals surface area contributed by atoms with Crippen molar-refractivity contribution in [2.24, 2.45) is 0 Å². The van der Waals surface area contributed by atoms with Gasteiger partial charge in [0.05, 0.1) is 0 Å². The molecule has 94 valence electrons. The third-order valence-electron chi connectivity index (χ3n) is 2.61. The predicted molar refractivity (Wildman–Crippen MR) is 73.4 cm³/mol. The predicted octanol–water partition coefficient (Wildman–Crippen LogP) is 4.42. The van der Waals surface area contributed by atoms with E-state index in [2.05, 4.69) is 5.32 Å². The molecule has 0 aliphatic rings. The lowest BCUT2D eigenvalue weighted by atomic mass is 10.2. The van der Waals surface area contributed by atoms with Crippen LogP contribution < -0.4 is 5.32 Å². The number of rotatable bonds is 4. The second-order valence-corrected chi connectivity index (χ2v) is 4.77. The van der Waals surface area contributed by atoms with Crippen molar-refractivity contribution in [3.63, 3.8) is 0 Å². The van der Waals surface area contributed by atoms with E-state index >= 15 is 0 Å². The molecule has 0 amide bonds. The molecule has 2 aromatic carbocycles. The normalized spacial score (nSPS) is 10.6. The summed E-state index contributed by atoms with van der Waals surface area (Å²) >= 11 is 11.7. The fourth-order valence-corrected chi connectivity index (χ4v) is 1.99. The van der Waals surface area contributed by atoms with E-state index in [0.717, 1.165) is 5.56 Å². The van der Waals surface area contributed by atoms with E-state index in [1.54, 1.807) is 12.1 Å². The summed E-state index contributed by atoms with van der Waals surface area (Å²) < 4.78 is 13.5. The smallest absolute Gasteiger partial charge is 0.129 e. The molecule has 2 rings (SSSR count). The average molecular weight is 284 g/mol. The maximum absolute atomic E-state index is 13.5. The van der Waals surface area contributed by atoms with Crippen LogP contribution in [0.15, 0.2) is 42.5 Å². The van der Waals surface area contributed by atoms with Gasteiger partial charge in [0.25, 0.3) is 0 Å². The summed E-state index contributed by atoms with van der Waals surface area (Å²) in [5.74, 6) is -0.286. The lowest BCUT2D eigenvalue weighted by molar-refractivity contribution is 0.588. The van der Waals surface area contributed by atoms with Crippen LogP contribution in [-0.2, 0) is 13.1 Å². The quantitative estimate of drug-likeness (QED) is 0.876. The molecule has 0 unspecified atom stereocenters. The Bertz CT molecular complexity index is 506. The Kier molecular flexibility index (Phi) is 4.59. The van der Waals surface area contributed by atoms with Gasteiger partial charge < -0.3 is 5.32 Å². The molecule has 0 aliphatic heterocycles. The zero-order chi connectivity index (χ0) is 13.0. The van der Waals surface area contributed by atoms with E-state index in [4.69, 9.17) is 23.2 Å². The average Bonchev–Trinajstić information content (AvgIpc) is 2.35. The molecular weight excluding hydrogens is 272 g/mol. The Hall–Kier alpha value is -1.09. The fraction of sp³-hybridized carbons (Fsp3) is 0.143. The SMILES string of the molecule is Fc1cccc(Cl)c1CNCc1ccc(Cl)cc1. The lowest BCUT2D eigenvalue weighted by Crippen LogP contribution is -2.14. The summed E-state index contributed by atoms with van der Waals surface area (Å²) in [5.41, 5.74) is 1.58. The fourth-order valence-electron chi connectivity index (χ4n) is 1.64. The topological polar surface area (TPSA) is 12.0 Å². The second-order valence-electron chi connectivity index (χ2n) is 3.93. The van der Waals surface area contributed by atoms with Gasteiger partial charge in [0.15, 0.2) is 0 Å². The summed E-state index contributed by atoms with van der Waals surface area (Å²) in [6, 6.07) is 12.2. The number of hydrogen-bond donors (Lipinski definition) is 1. The first-order valence-electron chi connectivity index (χ1n) is 5.55. The van der Waals surface area contributed by atoms with Crippen molar-refractivity contribution >= 4 is 23.2 Å². The van der Waals surface area contributed by atoms with Crippen LogP contribution in [0.25, 0.3) is 0 Å². The van der Waals surface area contributed by atoms with Crippen molar-refractivity contribution in [3.8, 4) is 0 Å². The zero-order valence-corrected chi connectivity index (χ0v) is 11.1. The van der Waals surface area contributed by atoms with Crippen molar-refractivity contribution in [3.05, 3.63) is 69.5 Å². The summed E-state index contributed by atoms with van der Waals surface area (Å²) in [6.07, 6.45) is 0. The van der Waals surface area contributed by atoms with Crippen LogP contribution >= 0.6 is 23.2 Å². The van der Waals surface area contributed by atoms with E-state index in [0.29, 0.717) is 28.7 Å². The van der Waals surface area contributed by atoms with Crippen molar-refractivity contribution in [1.29, 1.82) is 0 Å². The third-order valence-corrected chi connectivity index (χ3v) is 3.21. The summed E-state index contributed by atoms with van der Waals surface area (Å²) in [6.45, 7) is 1.04. The van der Waals surface area contributed by atoms with E-state index in [1.807, 2.05) is 24.3 Å². The number of nitrogens with one attached hydrogen (secondary N) is 1. The molecule has 0 radical (unpaired) electrons. The van der Waals surface area contributed by atoms with Crippen molar-refractivity contribution in [2.75, 3.05) is 0 Å². The molecule has 0 saturated carbocycles. The Labute approximate surface area is 116 Å². The Balaban J connectivity index is 1.94. The Morgan fingerprint density at radius 3 is 2.33 bits per heavy atom. The van der Waals surface area contributed by atoms with Crippen LogP contribution in [0.1, 0.15) is 11.1 Å². The Morgan fingerprint density at radius 1 is 0.944 bits per heavy atom. The van der Waals surface area contributed by atoms with Gasteiger partial charge in [0, 0.05) is 28.7 Å². The zero-order valence-electron chi connectivity index (χ0n) is 9.59. The van der Waals surface area contributed by atoms with Crippen LogP contribution in [0, 0.1) is 5.82 Å². The van der Waals surface area contributed by atoms with E-state index in [9.17, 15) is 4.39 Å². The molecule has 0 fully saturated rings. The maximum Gasteiger partial charge on any atom is 0.129 e. The Morgan fingerprint density at radius 2 is 1.67 bits per heavy atom.